The molecule has 4 aliphatic rings. The fourth-order valence-corrected chi connectivity index (χ4v) is 6.52. The first-order chi connectivity index (χ1) is 12.9. The molecule has 0 aromatic carbocycles. The van der Waals surface area contributed by atoms with Crippen LogP contribution < -0.4 is 10.6 Å². The Kier molecular flexibility index (Phi) is 4.55. The van der Waals surface area contributed by atoms with Gasteiger partial charge in [0, 0.05) is 38.0 Å². The molecular formula is C21H32N4O2. The van der Waals surface area contributed by atoms with Crippen LogP contribution in [0.5, 0.6) is 0 Å². The van der Waals surface area contributed by atoms with Gasteiger partial charge in [0.1, 0.15) is 11.5 Å². The molecule has 27 heavy (non-hydrogen) atoms. The quantitative estimate of drug-likeness (QED) is 0.746. The van der Waals surface area contributed by atoms with Crippen LogP contribution in [0.3, 0.4) is 0 Å². The van der Waals surface area contributed by atoms with Crippen LogP contribution in [0.4, 0.5) is 5.82 Å². The zero-order valence-corrected chi connectivity index (χ0v) is 16.8. The molecular weight excluding hydrogens is 340 g/mol. The number of amides is 1. The highest BCUT2D eigenvalue weighted by molar-refractivity contribution is 5.95. The second-order valence-electron chi connectivity index (χ2n) is 9.09. The van der Waals surface area contributed by atoms with Crippen LogP contribution in [0.25, 0.3) is 0 Å². The lowest BCUT2D eigenvalue weighted by molar-refractivity contribution is -0.149. The van der Waals surface area contributed by atoms with E-state index in [1.165, 1.54) is 0 Å². The highest BCUT2D eigenvalue weighted by Crippen LogP contribution is 2.62. The molecule has 1 amide bonds. The Morgan fingerprint density at radius 2 is 1.85 bits per heavy atom. The molecule has 2 atom stereocenters. The molecule has 6 heteroatoms. The Balaban J connectivity index is 1.50. The van der Waals surface area contributed by atoms with Crippen LogP contribution in [-0.2, 0) is 11.8 Å². The fraction of sp³-hybridized carbons (Fsp3) is 0.762. The molecule has 0 aliphatic heterocycles. The monoisotopic (exact) mass is 372 g/mol. The molecule has 0 spiro atoms. The maximum absolute atomic E-state index is 13.0. The van der Waals surface area contributed by atoms with Crippen molar-refractivity contribution in [1.82, 2.24) is 9.78 Å². The SMILES string of the molecule is CCN(CC)c1cc(C(=O)CC2C3CC4CC2CC(C(N)=O)(C4)C3)nn1C. The van der Waals surface area contributed by atoms with Gasteiger partial charge in [-0.25, -0.2) is 0 Å². The first kappa shape index (κ1) is 18.5. The lowest BCUT2D eigenvalue weighted by Gasteiger charge is -2.58. The number of carbonyl (C=O) groups is 2. The molecule has 0 radical (unpaired) electrons. The third-order valence-corrected chi connectivity index (χ3v) is 7.64. The maximum Gasteiger partial charge on any atom is 0.223 e. The van der Waals surface area contributed by atoms with Crippen LogP contribution in [-0.4, -0.2) is 34.6 Å². The summed E-state index contributed by atoms with van der Waals surface area (Å²) in [4.78, 5) is 27.3. The minimum atomic E-state index is -0.281. The largest absolute Gasteiger partial charge is 0.369 e. The second kappa shape index (κ2) is 6.64. The summed E-state index contributed by atoms with van der Waals surface area (Å²) < 4.78 is 1.82. The second-order valence-corrected chi connectivity index (χ2v) is 9.09. The van der Waals surface area contributed by atoms with Crippen molar-refractivity contribution in [1.29, 1.82) is 0 Å². The molecule has 2 N–H and O–H groups in total. The smallest absolute Gasteiger partial charge is 0.223 e. The first-order valence-electron chi connectivity index (χ1n) is 10.5. The molecule has 5 rings (SSSR count). The summed E-state index contributed by atoms with van der Waals surface area (Å²) >= 11 is 0. The average Bonchev–Trinajstić information content (AvgIpc) is 3.00. The fourth-order valence-electron chi connectivity index (χ4n) is 6.52. The molecule has 4 fully saturated rings. The number of rotatable bonds is 7. The number of hydrogen-bond donors (Lipinski definition) is 1. The number of aryl methyl sites for hydroxylation is 1. The normalized spacial score (nSPS) is 34.0. The van der Waals surface area contributed by atoms with Crippen molar-refractivity contribution in [3.05, 3.63) is 11.8 Å². The molecule has 1 aromatic rings. The Morgan fingerprint density at radius 3 is 2.41 bits per heavy atom. The first-order valence-corrected chi connectivity index (χ1v) is 10.5. The van der Waals surface area contributed by atoms with Gasteiger partial charge in [-0.3, -0.25) is 14.3 Å². The van der Waals surface area contributed by atoms with E-state index in [4.69, 9.17) is 5.73 Å². The minimum Gasteiger partial charge on any atom is -0.369 e. The molecule has 0 saturated heterocycles. The molecule has 4 aliphatic carbocycles. The maximum atomic E-state index is 13.0. The molecule has 148 valence electrons. The molecule has 2 unspecified atom stereocenters. The van der Waals surface area contributed by atoms with E-state index < -0.39 is 0 Å². The molecule has 4 saturated carbocycles. The summed E-state index contributed by atoms with van der Waals surface area (Å²) in [5, 5.41) is 4.50. The Labute approximate surface area is 161 Å². The molecule has 1 heterocycles. The van der Waals surface area contributed by atoms with Gasteiger partial charge >= 0.3 is 0 Å². The van der Waals surface area contributed by atoms with Gasteiger partial charge in [0.15, 0.2) is 5.78 Å². The third kappa shape index (κ3) is 2.97. The Morgan fingerprint density at radius 1 is 1.22 bits per heavy atom. The van der Waals surface area contributed by atoms with Crippen molar-refractivity contribution in [3.8, 4) is 0 Å². The number of nitrogens with zero attached hydrogens (tertiary/aromatic N) is 3. The van der Waals surface area contributed by atoms with Crippen LogP contribution in [0.1, 0.15) is 62.9 Å². The average molecular weight is 373 g/mol. The number of anilines is 1. The summed E-state index contributed by atoms with van der Waals surface area (Å²) in [6.07, 6.45) is 5.64. The summed E-state index contributed by atoms with van der Waals surface area (Å²) in [6, 6.07) is 1.94. The minimum absolute atomic E-state index is 0.111. The lowest BCUT2D eigenvalue weighted by atomic mass is 9.45. The number of primary amides is 1. The van der Waals surface area contributed by atoms with E-state index in [-0.39, 0.29) is 17.1 Å². The highest BCUT2D eigenvalue weighted by atomic mass is 16.1. The summed E-state index contributed by atoms with van der Waals surface area (Å²) in [6.45, 7) is 6.02. The Bertz CT molecular complexity index is 735. The number of ketones is 1. The summed E-state index contributed by atoms with van der Waals surface area (Å²) in [5.74, 6) is 3.00. The van der Waals surface area contributed by atoms with Crippen LogP contribution in [0.15, 0.2) is 6.07 Å². The van der Waals surface area contributed by atoms with Gasteiger partial charge in [-0.1, -0.05) is 0 Å². The summed E-state index contributed by atoms with van der Waals surface area (Å²) in [7, 11) is 1.91. The number of hydrogen-bond acceptors (Lipinski definition) is 4. The lowest BCUT2D eigenvalue weighted by Crippen LogP contribution is -2.56. The van der Waals surface area contributed by atoms with Crippen molar-refractivity contribution in [2.24, 2.45) is 41.9 Å². The molecule has 6 nitrogen and oxygen atoms in total. The van der Waals surface area contributed by atoms with E-state index in [9.17, 15) is 9.59 Å². The van der Waals surface area contributed by atoms with Gasteiger partial charge in [-0.2, -0.15) is 5.10 Å². The van der Waals surface area contributed by atoms with E-state index in [1.54, 1.807) is 0 Å². The van der Waals surface area contributed by atoms with Crippen LogP contribution >= 0.6 is 0 Å². The van der Waals surface area contributed by atoms with Gasteiger partial charge in [-0.05, 0) is 69.6 Å². The van der Waals surface area contributed by atoms with Crippen molar-refractivity contribution in [3.63, 3.8) is 0 Å². The van der Waals surface area contributed by atoms with Crippen LogP contribution in [0.2, 0.25) is 0 Å². The van der Waals surface area contributed by atoms with Crippen molar-refractivity contribution in [2.75, 3.05) is 18.0 Å². The topological polar surface area (TPSA) is 81.2 Å². The van der Waals surface area contributed by atoms with Gasteiger partial charge in [0.25, 0.3) is 0 Å². The number of Topliss-reactive ketones (excluding diaryl/α,β-unsaturated/α-hetero) is 1. The number of carbonyl (C=O) groups excluding carboxylic acids is 2. The Hall–Kier alpha value is -1.85. The van der Waals surface area contributed by atoms with Crippen molar-refractivity contribution in [2.45, 2.75) is 52.4 Å². The molecule has 4 bridgehead atoms. The van der Waals surface area contributed by atoms with Crippen molar-refractivity contribution < 1.29 is 9.59 Å². The predicted molar refractivity (Wildman–Crippen MR) is 104 cm³/mol. The third-order valence-electron chi connectivity index (χ3n) is 7.64. The standard InChI is InChI=1S/C21H32N4O2/c1-4-25(5-2)19-9-17(23-24(19)3)18(26)8-16-14-6-13-7-15(16)12-21(10-13,11-14)20(22)27/h9,13-16H,4-8,10-12H2,1-3H3,(H2,22,27). The zero-order chi connectivity index (χ0) is 19.3. The van der Waals surface area contributed by atoms with Crippen molar-refractivity contribution >= 4 is 17.5 Å². The number of nitrogens with two attached hydrogens (primary N) is 1. The summed E-state index contributed by atoms with van der Waals surface area (Å²) in [5.41, 5.74) is 6.08. The zero-order valence-electron chi connectivity index (χ0n) is 16.8. The van der Waals surface area contributed by atoms with E-state index in [1.807, 2.05) is 17.8 Å². The van der Waals surface area contributed by atoms with Gasteiger partial charge in [0.2, 0.25) is 5.91 Å². The van der Waals surface area contributed by atoms with Gasteiger partial charge in [-0.15, -0.1) is 0 Å². The van der Waals surface area contributed by atoms with E-state index in [2.05, 4.69) is 23.8 Å². The van der Waals surface area contributed by atoms with Crippen LogP contribution in [0, 0.1) is 29.1 Å². The highest BCUT2D eigenvalue weighted by Gasteiger charge is 2.57. The van der Waals surface area contributed by atoms with E-state index in [0.29, 0.717) is 35.8 Å². The van der Waals surface area contributed by atoms with Gasteiger partial charge in [0.05, 0.1) is 0 Å². The number of aromatic nitrogens is 2. The van der Waals surface area contributed by atoms with Gasteiger partial charge < -0.3 is 10.6 Å². The predicted octanol–water partition coefficient (Wildman–Crippen LogP) is 2.77. The molecule has 1 aromatic heterocycles. The van der Waals surface area contributed by atoms with E-state index >= 15 is 0 Å². The van der Waals surface area contributed by atoms with E-state index in [0.717, 1.165) is 51.0 Å².